The predicted octanol–water partition coefficient (Wildman–Crippen LogP) is 4.55. The van der Waals surface area contributed by atoms with Crippen molar-refractivity contribution in [3.05, 3.63) is 83.9 Å². The third-order valence-electron chi connectivity index (χ3n) is 4.37. The normalized spacial score (nSPS) is 11.5. The lowest BCUT2D eigenvalue weighted by Crippen LogP contribution is -2.30. The van der Waals surface area contributed by atoms with E-state index in [1.54, 1.807) is 25.1 Å². The minimum atomic E-state index is -1.00. The van der Waals surface area contributed by atoms with Crippen LogP contribution in [0, 0.1) is 6.92 Å². The molecule has 2 N–H and O–H groups in total. The molecular formula is C23H21NO4. The molecular weight excluding hydrogens is 354 g/mol. The van der Waals surface area contributed by atoms with Gasteiger partial charge in [0.15, 0.2) is 6.10 Å². The average Bonchev–Trinajstić information content (AvgIpc) is 2.71. The zero-order valence-electron chi connectivity index (χ0n) is 15.7. The van der Waals surface area contributed by atoms with E-state index in [9.17, 15) is 14.7 Å². The van der Waals surface area contributed by atoms with Crippen molar-refractivity contribution in [1.82, 2.24) is 0 Å². The maximum atomic E-state index is 12.5. The standard InChI is InChI=1S/C23H21NO4/c1-15-12-13-18(14-21(15)25)23(27)28-16(2)22(26)24-20-11-7-6-10-19(20)17-8-4-3-5-9-17/h3-14,16,25H,1-2H3,(H,24,26). The number of ether oxygens (including phenoxy) is 1. The highest BCUT2D eigenvalue weighted by Gasteiger charge is 2.20. The van der Waals surface area contributed by atoms with Crippen molar-refractivity contribution in [2.24, 2.45) is 0 Å². The molecule has 0 spiro atoms. The topological polar surface area (TPSA) is 75.6 Å². The second kappa shape index (κ2) is 8.39. The average molecular weight is 375 g/mol. The molecule has 3 aromatic rings. The first-order valence-electron chi connectivity index (χ1n) is 8.91. The maximum absolute atomic E-state index is 12.5. The highest BCUT2D eigenvalue weighted by atomic mass is 16.5. The van der Waals surface area contributed by atoms with Gasteiger partial charge in [-0.1, -0.05) is 54.6 Å². The quantitative estimate of drug-likeness (QED) is 0.642. The SMILES string of the molecule is Cc1ccc(C(=O)OC(C)C(=O)Nc2ccccc2-c2ccccc2)cc1O. The van der Waals surface area contributed by atoms with Crippen molar-refractivity contribution in [3.63, 3.8) is 0 Å². The summed E-state index contributed by atoms with van der Waals surface area (Å²) in [6, 6.07) is 21.6. The number of aromatic hydroxyl groups is 1. The van der Waals surface area contributed by atoms with Gasteiger partial charge in [-0.05, 0) is 43.2 Å². The summed E-state index contributed by atoms with van der Waals surface area (Å²) in [6.07, 6.45) is -1.00. The molecule has 1 atom stereocenters. The number of hydrogen-bond donors (Lipinski definition) is 2. The van der Waals surface area contributed by atoms with Crippen molar-refractivity contribution in [2.45, 2.75) is 20.0 Å². The molecule has 0 saturated heterocycles. The summed E-state index contributed by atoms with van der Waals surface area (Å²) in [5.74, 6) is -1.11. The fourth-order valence-electron chi connectivity index (χ4n) is 2.71. The van der Waals surface area contributed by atoms with E-state index >= 15 is 0 Å². The van der Waals surface area contributed by atoms with Crippen LogP contribution in [-0.4, -0.2) is 23.1 Å². The summed E-state index contributed by atoms with van der Waals surface area (Å²) in [6.45, 7) is 3.23. The highest BCUT2D eigenvalue weighted by molar-refractivity contribution is 6.00. The van der Waals surface area contributed by atoms with Crippen molar-refractivity contribution in [2.75, 3.05) is 5.32 Å². The second-order valence-electron chi connectivity index (χ2n) is 6.45. The molecule has 0 fully saturated rings. The Morgan fingerprint density at radius 1 is 0.964 bits per heavy atom. The first kappa shape index (κ1) is 19.2. The number of carbonyl (C=O) groups is 2. The van der Waals surface area contributed by atoms with E-state index in [-0.39, 0.29) is 11.3 Å². The number of benzene rings is 3. The number of amides is 1. The Morgan fingerprint density at radius 3 is 2.36 bits per heavy atom. The van der Waals surface area contributed by atoms with Gasteiger partial charge in [-0.2, -0.15) is 0 Å². The summed E-state index contributed by atoms with van der Waals surface area (Å²) in [5, 5.41) is 12.6. The monoisotopic (exact) mass is 375 g/mol. The molecule has 3 aromatic carbocycles. The van der Waals surface area contributed by atoms with Gasteiger partial charge in [0.25, 0.3) is 5.91 Å². The van der Waals surface area contributed by atoms with E-state index in [2.05, 4.69) is 5.32 Å². The van der Waals surface area contributed by atoms with Gasteiger partial charge >= 0.3 is 5.97 Å². The number of esters is 1. The fourth-order valence-corrected chi connectivity index (χ4v) is 2.71. The van der Waals surface area contributed by atoms with Crippen LogP contribution in [0.2, 0.25) is 0 Å². The molecule has 1 unspecified atom stereocenters. The smallest absolute Gasteiger partial charge is 0.339 e. The number of hydrogen-bond acceptors (Lipinski definition) is 4. The number of nitrogens with one attached hydrogen (secondary N) is 1. The lowest BCUT2D eigenvalue weighted by molar-refractivity contribution is -0.123. The number of aryl methyl sites for hydroxylation is 1. The van der Waals surface area contributed by atoms with Gasteiger partial charge < -0.3 is 15.2 Å². The molecule has 28 heavy (non-hydrogen) atoms. The van der Waals surface area contributed by atoms with Crippen LogP contribution in [0.25, 0.3) is 11.1 Å². The van der Waals surface area contributed by atoms with Crippen LogP contribution in [0.4, 0.5) is 5.69 Å². The summed E-state index contributed by atoms with van der Waals surface area (Å²) in [4.78, 5) is 24.8. The molecule has 0 aliphatic heterocycles. The van der Waals surface area contributed by atoms with Crippen molar-refractivity contribution >= 4 is 17.6 Å². The van der Waals surface area contributed by atoms with E-state index in [0.29, 0.717) is 11.3 Å². The zero-order chi connectivity index (χ0) is 20.1. The number of rotatable bonds is 5. The number of carbonyl (C=O) groups excluding carboxylic acids is 2. The van der Waals surface area contributed by atoms with Crippen LogP contribution < -0.4 is 5.32 Å². The third kappa shape index (κ3) is 4.38. The molecule has 5 nitrogen and oxygen atoms in total. The van der Waals surface area contributed by atoms with E-state index < -0.39 is 18.0 Å². The lowest BCUT2D eigenvalue weighted by Gasteiger charge is -2.16. The molecule has 0 aromatic heterocycles. The second-order valence-corrected chi connectivity index (χ2v) is 6.45. The van der Waals surface area contributed by atoms with Crippen molar-refractivity contribution < 1.29 is 19.4 Å². The fraction of sp³-hybridized carbons (Fsp3) is 0.130. The van der Waals surface area contributed by atoms with E-state index in [1.807, 2.05) is 48.5 Å². The summed E-state index contributed by atoms with van der Waals surface area (Å²) in [7, 11) is 0. The van der Waals surface area contributed by atoms with Crippen molar-refractivity contribution in [3.8, 4) is 16.9 Å². The van der Waals surface area contributed by atoms with E-state index in [1.165, 1.54) is 13.0 Å². The molecule has 142 valence electrons. The van der Waals surface area contributed by atoms with Crippen LogP contribution in [0.5, 0.6) is 5.75 Å². The van der Waals surface area contributed by atoms with Gasteiger partial charge in [-0.3, -0.25) is 4.79 Å². The number of para-hydroxylation sites is 1. The molecule has 0 aliphatic carbocycles. The summed E-state index contributed by atoms with van der Waals surface area (Å²) >= 11 is 0. The minimum Gasteiger partial charge on any atom is -0.508 e. The molecule has 0 saturated carbocycles. The van der Waals surface area contributed by atoms with Crippen LogP contribution >= 0.6 is 0 Å². The van der Waals surface area contributed by atoms with E-state index in [0.717, 1.165) is 11.1 Å². The molecule has 5 heteroatoms. The number of phenols is 1. The van der Waals surface area contributed by atoms with Gasteiger partial charge in [-0.25, -0.2) is 4.79 Å². The Morgan fingerprint density at radius 2 is 1.64 bits per heavy atom. The van der Waals surface area contributed by atoms with Gasteiger partial charge in [0.1, 0.15) is 5.75 Å². The Balaban J connectivity index is 1.71. The van der Waals surface area contributed by atoms with Gasteiger partial charge in [0.05, 0.1) is 5.56 Å². The Bertz CT molecular complexity index is 998. The largest absolute Gasteiger partial charge is 0.508 e. The lowest BCUT2D eigenvalue weighted by atomic mass is 10.0. The van der Waals surface area contributed by atoms with Crippen LogP contribution in [0.1, 0.15) is 22.8 Å². The number of anilines is 1. The molecule has 3 rings (SSSR count). The van der Waals surface area contributed by atoms with Gasteiger partial charge in [0, 0.05) is 11.3 Å². The summed E-state index contributed by atoms with van der Waals surface area (Å²) < 4.78 is 5.25. The first-order chi connectivity index (χ1) is 13.5. The summed E-state index contributed by atoms with van der Waals surface area (Å²) in [5.41, 5.74) is 3.32. The van der Waals surface area contributed by atoms with E-state index in [4.69, 9.17) is 4.74 Å². The highest BCUT2D eigenvalue weighted by Crippen LogP contribution is 2.27. The first-order valence-corrected chi connectivity index (χ1v) is 8.91. The van der Waals surface area contributed by atoms with Gasteiger partial charge in [0.2, 0.25) is 0 Å². The Labute approximate surface area is 163 Å². The predicted molar refractivity (Wildman–Crippen MR) is 108 cm³/mol. The molecule has 0 heterocycles. The molecule has 0 bridgehead atoms. The zero-order valence-corrected chi connectivity index (χ0v) is 15.7. The molecule has 0 aliphatic rings. The Kier molecular flexibility index (Phi) is 5.75. The molecule has 1 amide bonds. The third-order valence-corrected chi connectivity index (χ3v) is 4.37. The van der Waals surface area contributed by atoms with Crippen LogP contribution in [-0.2, 0) is 9.53 Å². The van der Waals surface area contributed by atoms with Crippen molar-refractivity contribution in [1.29, 1.82) is 0 Å². The minimum absolute atomic E-state index is 0.00310. The van der Waals surface area contributed by atoms with Crippen LogP contribution in [0.15, 0.2) is 72.8 Å². The van der Waals surface area contributed by atoms with Gasteiger partial charge in [-0.15, -0.1) is 0 Å². The van der Waals surface area contributed by atoms with Crippen LogP contribution in [0.3, 0.4) is 0 Å². The molecule has 0 radical (unpaired) electrons. The number of phenolic OH excluding ortho intramolecular Hbond substituents is 1. The Hall–Kier alpha value is -3.60. The maximum Gasteiger partial charge on any atom is 0.339 e.